The van der Waals surface area contributed by atoms with Gasteiger partial charge in [0.25, 0.3) is 0 Å². The highest BCUT2D eigenvalue weighted by molar-refractivity contribution is 6.30. The Morgan fingerprint density at radius 2 is 2.11 bits per heavy atom. The molecule has 6 nitrogen and oxygen atoms in total. The molecule has 1 aliphatic carbocycles. The maximum atomic E-state index is 13.1. The summed E-state index contributed by atoms with van der Waals surface area (Å²) in [6.45, 7) is 1.93. The van der Waals surface area contributed by atoms with E-state index in [2.05, 4.69) is 15.3 Å². The summed E-state index contributed by atoms with van der Waals surface area (Å²) in [6, 6.07) is 6.92. The fraction of sp³-hybridized carbons (Fsp3) is 0.429. The van der Waals surface area contributed by atoms with E-state index in [0.717, 1.165) is 24.8 Å². The minimum Gasteiger partial charge on any atom is -0.348 e. The van der Waals surface area contributed by atoms with E-state index in [1.54, 1.807) is 35.6 Å². The van der Waals surface area contributed by atoms with Gasteiger partial charge in [-0.25, -0.2) is 4.98 Å². The summed E-state index contributed by atoms with van der Waals surface area (Å²) >= 11 is 6.12. The third kappa shape index (κ3) is 3.61. The number of halogens is 1. The summed E-state index contributed by atoms with van der Waals surface area (Å²) in [5.41, 5.74) is 1.64. The van der Waals surface area contributed by atoms with E-state index in [1.807, 2.05) is 19.1 Å². The first-order chi connectivity index (χ1) is 13.5. The zero-order chi connectivity index (χ0) is 19.7. The third-order valence-corrected chi connectivity index (χ3v) is 6.20. The van der Waals surface area contributed by atoms with Crippen LogP contribution in [0.1, 0.15) is 43.4 Å². The normalized spacial score (nSPS) is 24.2. The molecular formula is C21H23ClN4O2. The van der Waals surface area contributed by atoms with Crippen LogP contribution in [0.2, 0.25) is 5.15 Å². The minimum absolute atomic E-state index is 0.0590. The second-order valence-electron chi connectivity index (χ2n) is 7.62. The second-order valence-corrected chi connectivity index (χ2v) is 7.98. The Hall–Kier alpha value is -2.47. The van der Waals surface area contributed by atoms with Crippen molar-refractivity contribution in [2.45, 2.75) is 50.7 Å². The quantitative estimate of drug-likeness (QED) is 0.786. The number of nitrogens with zero attached hydrogens (tertiary/aromatic N) is 3. The van der Waals surface area contributed by atoms with E-state index in [0.29, 0.717) is 10.7 Å². The van der Waals surface area contributed by atoms with Gasteiger partial charge in [0.1, 0.15) is 11.2 Å². The number of piperidine rings is 1. The summed E-state index contributed by atoms with van der Waals surface area (Å²) < 4.78 is 0. The highest BCUT2D eigenvalue weighted by atomic mass is 35.5. The molecule has 1 saturated carbocycles. The van der Waals surface area contributed by atoms with Gasteiger partial charge in [-0.15, -0.1) is 0 Å². The SMILES string of the molecule is C[C@H](NC(=O)C1C2CCC(C2)N1C(=O)Cc1cccnc1Cl)c1cccnc1. The Morgan fingerprint density at radius 3 is 2.86 bits per heavy atom. The summed E-state index contributed by atoms with van der Waals surface area (Å²) in [4.78, 5) is 36.1. The average Bonchev–Trinajstić information content (AvgIpc) is 3.32. The molecule has 2 bridgehead atoms. The Balaban J connectivity index is 1.49. The van der Waals surface area contributed by atoms with Crippen molar-refractivity contribution >= 4 is 23.4 Å². The molecule has 1 aliphatic heterocycles. The van der Waals surface area contributed by atoms with E-state index < -0.39 is 6.04 Å². The van der Waals surface area contributed by atoms with Crippen molar-refractivity contribution in [3.63, 3.8) is 0 Å². The molecule has 2 aliphatic rings. The lowest BCUT2D eigenvalue weighted by atomic mass is 9.96. The second kappa shape index (κ2) is 7.87. The van der Waals surface area contributed by atoms with Gasteiger partial charge in [-0.2, -0.15) is 0 Å². The van der Waals surface area contributed by atoms with Gasteiger partial charge in [-0.1, -0.05) is 23.7 Å². The van der Waals surface area contributed by atoms with E-state index in [9.17, 15) is 9.59 Å². The number of carbonyl (C=O) groups excluding carboxylic acids is 2. The molecule has 1 saturated heterocycles. The fourth-order valence-corrected chi connectivity index (χ4v) is 4.69. The van der Waals surface area contributed by atoms with Gasteiger partial charge in [-0.05, 0) is 55.4 Å². The minimum atomic E-state index is -0.416. The molecule has 4 rings (SSSR count). The lowest BCUT2D eigenvalue weighted by Crippen LogP contribution is -2.53. The largest absolute Gasteiger partial charge is 0.348 e. The molecule has 2 aromatic rings. The van der Waals surface area contributed by atoms with Crippen molar-refractivity contribution in [2.75, 3.05) is 0 Å². The van der Waals surface area contributed by atoms with Crippen LogP contribution in [0.25, 0.3) is 0 Å². The number of amides is 2. The van der Waals surface area contributed by atoms with Crippen LogP contribution in [0, 0.1) is 5.92 Å². The number of hydrogen-bond acceptors (Lipinski definition) is 4. The van der Waals surface area contributed by atoms with Crippen molar-refractivity contribution in [2.24, 2.45) is 5.92 Å². The fourth-order valence-electron chi connectivity index (χ4n) is 4.50. The average molecular weight is 399 g/mol. The van der Waals surface area contributed by atoms with Gasteiger partial charge < -0.3 is 10.2 Å². The van der Waals surface area contributed by atoms with Crippen LogP contribution in [0.15, 0.2) is 42.9 Å². The van der Waals surface area contributed by atoms with Gasteiger partial charge in [0.05, 0.1) is 12.5 Å². The number of likely N-dealkylation sites (tertiary alicyclic amines) is 1. The number of nitrogens with one attached hydrogen (secondary N) is 1. The first kappa shape index (κ1) is 18.9. The topological polar surface area (TPSA) is 75.2 Å². The molecule has 1 N–H and O–H groups in total. The molecule has 2 amide bonds. The maximum Gasteiger partial charge on any atom is 0.243 e. The molecule has 2 aromatic heterocycles. The maximum absolute atomic E-state index is 13.1. The van der Waals surface area contributed by atoms with Crippen LogP contribution in [-0.4, -0.2) is 38.8 Å². The van der Waals surface area contributed by atoms with Crippen molar-refractivity contribution in [1.82, 2.24) is 20.2 Å². The monoisotopic (exact) mass is 398 g/mol. The van der Waals surface area contributed by atoms with Crippen LogP contribution in [0.4, 0.5) is 0 Å². The van der Waals surface area contributed by atoms with E-state index in [4.69, 9.17) is 11.6 Å². The Morgan fingerprint density at radius 1 is 1.29 bits per heavy atom. The molecule has 2 fully saturated rings. The lowest BCUT2D eigenvalue weighted by Gasteiger charge is -2.35. The van der Waals surface area contributed by atoms with Crippen LogP contribution in [0.3, 0.4) is 0 Å². The molecule has 146 valence electrons. The van der Waals surface area contributed by atoms with Gasteiger partial charge in [0, 0.05) is 24.6 Å². The van der Waals surface area contributed by atoms with Crippen molar-refractivity contribution in [3.05, 3.63) is 59.1 Å². The summed E-state index contributed by atoms with van der Waals surface area (Å²) in [7, 11) is 0. The molecule has 7 heteroatoms. The number of pyridine rings is 2. The Kier molecular flexibility index (Phi) is 5.31. The zero-order valence-electron chi connectivity index (χ0n) is 15.7. The number of carbonyl (C=O) groups is 2. The summed E-state index contributed by atoms with van der Waals surface area (Å²) in [6.07, 6.45) is 8.06. The van der Waals surface area contributed by atoms with Crippen LogP contribution in [0.5, 0.6) is 0 Å². The van der Waals surface area contributed by atoms with E-state index >= 15 is 0 Å². The number of fused-ring (bicyclic) bond motifs is 2. The van der Waals surface area contributed by atoms with Gasteiger partial charge in [0.2, 0.25) is 11.8 Å². The standard InChI is InChI=1S/C21H23ClN4O2/c1-13(16-5-2-8-23-12-16)25-21(28)19-14-6-7-17(10-14)26(19)18(27)11-15-4-3-9-24-20(15)22/h2-5,8-9,12-14,17,19H,6-7,10-11H2,1H3,(H,25,28)/t13-,14?,17?,19?/m0/s1. The van der Waals surface area contributed by atoms with Crippen LogP contribution >= 0.6 is 11.6 Å². The Labute approximate surface area is 169 Å². The zero-order valence-corrected chi connectivity index (χ0v) is 16.5. The Bertz CT molecular complexity index is 876. The summed E-state index contributed by atoms with van der Waals surface area (Å²) in [5.74, 6) is 0.0740. The highest BCUT2D eigenvalue weighted by Crippen LogP contribution is 2.43. The van der Waals surface area contributed by atoms with Crippen molar-refractivity contribution in [3.8, 4) is 0 Å². The molecular weight excluding hydrogens is 376 g/mol. The summed E-state index contributed by atoms with van der Waals surface area (Å²) in [5, 5.41) is 3.41. The smallest absolute Gasteiger partial charge is 0.243 e. The first-order valence-electron chi connectivity index (χ1n) is 9.65. The van der Waals surface area contributed by atoms with Gasteiger partial charge >= 0.3 is 0 Å². The number of aromatic nitrogens is 2. The predicted molar refractivity (Wildman–Crippen MR) is 106 cm³/mol. The highest BCUT2D eigenvalue weighted by Gasteiger charge is 2.51. The van der Waals surface area contributed by atoms with E-state index in [-0.39, 0.29) is 36.2 Å². The van der Waals surface area contributed by atoms with Gasteiger partial charge in [-0.3, -0.25) is 14.6 Å². The molecule has 3 unspecified atom stereocenters. The molecule has 3 heterocycles. The first-order valence-corrected chi connectivity index (χ1v) is 10.0. The third-order valence-electron chi connectivity index (χ3n) is 5.86. The van der Waals surface area contributed by atoms with E-state index in [1.165, 1.54) is 0 Å². The molecule has 4 atom stereocenters. The van der Waals surface area contributed by atoms with Crippen LogP contribution < -0.4 is 5.32 Å². The van der Waals surface area contributed by atoms with Crippen molar-refractivity contribution < 1.29 is 9.59 Å². The van der Waals surface area contributed by atoms with Crippen LogP contribution in [-0.2, 0) is 16.0 Å². The predicted octanol–water partition coefficient (Wildman–Crippen LogP) is 2.93. The molecule has 0 radical (unpaired) electrons. The number of hydrogen-bond donors (Lipinski definition) is 1. The van der Waals surface area contributed by atoms with Crippen molar-refractivity contribution in [1.29, 1.82) is 0 Å². The molecule has 0 aromatic carbocycles. The molecule has 0 spiro atoms. The number of rotatable bonds is 5. The molecule has 28 heavy (non-hydrogen) atoms. The van der Waals surface area contributed by atoms with Gasteiger partial charge in [0.15, 0.2) is 0 Å². The lowest BCUT2D eigenvalue weighted by molar-refractivity contribution is -0.142.